The molecular formula is C65H62Cl2N6+2. The van der Waals surface area contributed by atoms with Gasteiger partial charge in [0.2, 0.25) is 0 Å². The zero-order chi connectivity index (χ0) is 49.9. The monoisotopic (exact) mass is 996 g/mol. The van der Waals surface area contributed by atoms with Gasteiger partial charge >= 0.3 is 0 Å². The summed E-state index contributed by atoms with van der Waals surface area (Å²) in [6, 6.07) is 72.4. The van der Waals surface area contributed by atoms with E-state index in [1.165, 1.54) is 48.1 Å². The second-order valence-electron chi connectivity index (χ2n) is 18.6. The molecule has 0 aliphatic rings. The molecule has 0 amide bonds. The van der Waals surface area contributed by atoms with E-state index in [4.69, 9.17) is 23.2 Å². The van der Waals surface area contributed by atoms with Crippen LogP contribution in [0.2, 0.25) is 10.0 Å². The van der Waals surface area contributed by atoms with Crippen molar-refractivity contribution in [3.8, 4) is 0 Å². The van der Waals surface area contributed by atoms with Crippen LogP contribution in [0.15, 0.2) is 206 Å². The Morgan fingerprint density at radius 1 is 0.397 bits per heavy atom. The summed E-state index contributed by atoms with van der Waals surface area (Å²) in [5.74, 6) is 2.34. The summed E-state index contributed by atoms with van der Waals surface area (Å²) in [6.07, 6.45) is 15.9. The van der Waals surface area contributed by atoms with Gasteiger partial charge in [-0.05, 0) is 153 Å². The lowest BCUT2D eigenvalue weighted by atomic mass is 10.1. The fraction of sp³-hybridized carbons (Fsp3) is 0.169. The number of rotatable bonds is 20. The highest BCUT2D eigenvalue weighted by Gasteiger charge is 2.24. The van der Waals surface area contributed by atoms with Gasteiger partial charge in [0.25, 0.3) is 11.6 Å². The smallest absolute Gasteiger partial charge is 0.282 e. The van der Waals surface area contributed by atoms with Crippen molar-refractivity contribution in [3.05, 3.63) is 239 Å². The van der Waals surface area contributed by atoms with Crippen molar-refractivity contribution in [2.45, 2.75) is 65.1 Å². The molecule has 0 saturated heterocycles. The number of aryl methyl sites for hydroxylation is 4. The highest BCUT2D eigenvalue weighted by Crippen LogP contribution is 2.36. The second-order valence-corrected chi connectivity index (χ2v) is 19.4. The molecule has 0 spiro atoms. The van der Waals surface area contributed by atoms with Crippen molar-refractivity contribution in [2.24, 2.45) is 7.05 Å². The summed E-state index contributed by atoms with van der Waals surface area (Å²) in [4.78, 5) is 4.59. The van der Waals surface area contributed by atoms with Crippen LogP contribution < -0.4 is 18.9 Å². The largest absolute Gasteiger partial charge is 0.311 e. The number of aromatic nitrogens is 4. The van der Waals surface area contributed by atoms with Gasteiger partial charge in [-0.1, -0.05) is 133 Å². The van der Waals surface area contributed by atoms with Crippen molar-refractivity contribution >= 4 is 104 Å². The minimum Gasteiger partial charge on any atom is -0.311 e. The maximum Gasteiger partial charge on any atom is 0.282 e. The average Bonchev–Trinajstić information content (AvgIpc) is 3.87. The first-order chi connectivity index (χ1) is 35.9. The molecule has 0 aliphatic heterocycles. The lowest BCUT2D eigenvalue weighted by molar-refractivity contribution is -0.674. The van der Waals surface area contributed by atoms with Crippen LogP contribution in [0, 0.1) is 0 Å². The number of hydrogen-bond donors (Lipinski definition) is 0. The molecule has 0 fully saturated rings. The molecule has 6 nitrogen and oxygen atoms in total. The van der Waals surface area contributed by atoms with E-state index in [-0.39, 0.29) is 0 Å². The van der Waals surface area contributed by atoms with Crippen molar-refractivity contribution in [1.29, 1.82) is 0 Å². The predicted molar refractivity (Wildman–Crippen MR) is 309 cm³/mol. The summed E-state index contributed by atoms with van der Waals surface area (Å²) in [5.41, 5.74) is 13.7. The van der Waals surface area contributed by atoms with E-state index < -0.39 is 0 Å². The van der Waals surface area contributed by atoms with Gasteiger partial charge in [-0.3, -0.25) is 0 Å². The first-order valence-electron chi connectivity index (χ1n) is 25.7. The van der Waals surface area contributed by atoms with Crippen molar-refractivity contribution in [2.75, 3.05) is 9.80 Å². The Kier molecular flexibility index (Phi) is 15.6. The minimum atomic E-state index is 0.748. The van der Waals surface area contributed by atoms with E-state index in [1.54, 1.807) is 0 Å². The van der Waals surface area contributed by atoms with Gasteiger partial charge in [0.05, 0.1) is 26.7 Å². The van der Waals surface area contributed by atoms with Gasteiger partial charge < -0.3 is 9.80 Å². The summed E-state index contributed by atoms with van der Waals surface area (Å²) in [5, 5.41) is 1.51. The summed E-state index contributed by atoms with van der Waals surface area (Å²) >= 11 is 13.2. The maximum absolute atomic E-state index is 6.61. The zero-order valence-corrected chi connectivity index (χ0v) is 43.3. The van der Waals surface area contributed by atoms with Crippen LogP contribution in [0.4, 0.5) is 34.1 Å². The highest BCUT2D eigenvalue weighted by molar-refractivity contribution is 6.31. The number of para-hydroxylation sites is 4. The quantitative estimate of drug-likeness (QED) is 0.0561. The van der Waals surface area contributed by atoms with Gasteiger partial charge in [0, 0.05) is 68.5 Å². The fourth-order valence-corrected chi connectivity index (χ4v) is 10.5. The fourth-order valence-electron chi connectivity index (χ4n) is 10.2. The molecule has 0 bridgehead atoms. The summed E-state index contributed by atoms with van der Waals surface area (Å²) < 4.78 is 9.61. The van der Waals surface area contributed by atoms with Gasteiger partial charge in [0.15, 0.2) is 22.1 Å². The molecule has 0 aliphatic carbocycles. The molecule has 8 aromatic carbocycles. The number of benzene rings is 8. The van der Waals surface area contributed by atoms with Gasteiger partial charge in [-0.25, -0.2) is 18.3 Å². The van der Waals surface area contributed by atoms with Gasteiger partial charge in [-0.15, -0.1) is 0 Å². The Balaban J connectivity index is 0.784. The van der Waals surface area contributed by atoms with Crippen molar-refractivity contribution in [3.63, 3.8) is 0 Å². The number of hydrogen-bond acceptors (Lipinski definition) is 2. The lowest BCUT2D eigenvalue weighted by Gasteiger charge is -2.25. The van der Waals surface area contributed by atoms with E-state index >= 15 is 0 Å². The standard InChI is InChI=1S/C65H62Cl2N6/c1-3-69-63-49-53(67)37-43-61(63)71(65(69)45-35-51-32-40-59(41-33-51)73(56-26-16-10-17-27-56)57-28-18-11-19-29-57)47-21-7-5-4-6-20-46-70-60-42-36-52(66)48-62(60)68(2)64(70)44-34-50-30-38-58(39-31-50)72(54-22-12-8-13-23-54)55-24-14-9-15-25-55/h8-19,22-45,48-49H,3-7,20-21,46-47H2,1-2H3/q+2. The van der Waals surface area contributed by atoms with E-state index in [0.29, 0.717) is 0 Å². The second kappa shape index (κ2) is 23.3. The van der Waals surface area contributed by atoms with Crippen LogP contribution in [-0.2, 0) is 26.7 Å². The van der Waals surface area contributed by atoms with Crippen LogP contribution >= 0.6 is 23.2 Å². The Hall–Kier alpha value is -7.64. The van der Waals surface area contributed by atoms with E-state index in [0.717, 1.165) is 99.1 Å². The third-order valence-electron chi connectivity index (χ3n) is 13.8. The maximum atomic E-state index is 6.61. The SMILES string of the molecule is CCn1c(/C=C/c2ccc(N(c3ccccc3)c3ccccc3)cc2)[n+](CCCCCCCC[n+]2c(/C=C/c3ccc(N(c4ccccc4)c4ccccc4)cc3)n(C)c3cc(Cl)ccc32)c2ccc(Cl)cc21. The summed E-state index contributed by atoms with van der Waals surface area (Å²) in [7, 11) is 2.14. The Bertz CT molecular complexity index is 3380. The van der Waals surface area contributed by atoms with Gasteiger partial charge in [0.1, 0.15) is 0 Å². The van der Waals surface area contributed by atoms with E-state index in [2.05, 4.69) is 260 Å². The Morgan fingerprint density at radius 2 is 0.753 bits per heavy atom. The molecule has 10 aromatic rings. The molecule has 0 unspecified atom stereocenters. The van der Waals surface area contributed by atoms with E-state index in [9.17, 15) is 0 Å². The molecule has 0 radical (unpaired) electrons. The van der Waals surface area contributed by atoms with Gasteiger partial charge in [-0.2, -0.15) is 0 Å². The van der Waals surface area contributed by atoms with Crippen LogP contribution in [0.3, 0.4) is 0 Å². The zero-order valence-electron chi connectivity index (χ0n) is 41.7. The highest BCUT2D eigenvalue weighted by atomic mass is 35.5. The molecule has 73 heavy (non-hydrogen) atoms. The minimum absolute atomic E-state index is 0.748. The number of anilines is 6. The topological polar surface area (TPSA) is 24.1 Å². The number of halogens is 2. The lowest BCUT2D eigenvalue weighted by Crippen LogP contribution is -2.36. The van der Waals surface area contributed by atoms with Crippen LogP contribution in [0.1, 0.15) is 68.2 Å². The third-order valence-corrected chi connectivity index (χ3v) is 14.3. The first-order valence-corrected chi connectivity index (χ1v) is 26.5. The number of imidazole rings is 2. The molecular weight excluding hydrogens is 936 g/mol. The normalized spacial score (nSPS) is 11.7. The van der Waals surface area contributed by atoms with Crippen LogP contribution in [0.5, 0.6) is 0 Å². The molecule has 8 heteroatoms. The Labute approximate surface area is 440 Å². The third kappa shape index (κ3) is 11.2. The molecule has 0 saturated carbocycles. The van der Waals surface area contributed by atoms with Crippen molar-refractivity contribution < 1.29 is 9.13 Å². The molecule has 2 heterocycles. The molecule has 0 atom stereocenters. The molecule has 10 rings (SSSR count). The first kappa shape index (κ1) is 49.0. The number of unbranched alkanes of at least 4 members (excludes halogenated alkanes) is 5. The van der Waals surface area contributed by atoms with Crippen molar-refractivity contribution in [1.82, 2.24) is 9.13 Å². The molecule has 0 N–H and O–H groups in total. The van der Waals surface area contributed by atoms with E-state index in [1.807, 2.05) is 12.1 Å². The van der Waals surface area contributed by atoms with Crippen LogP contribution in [-0.4, -0.2) is 9.13 Å². The Morgan fingerprint density at radius 3 is 1.18 bits per heavy atom. The predicted octanol–water partition coefficient (Wildman–Crippen LogP) is 17.4. The molecule has 2 aromatic heterocycles. The summed E-state index contributed by atoms with van der Waals surface area (Å²) in [6.45, 7) is 4.94. The molecule has 364 valence electrons. The number of fused-ring (bicyclic) bond motifs is 2. The van der Waals surface area contributed by atoms with Crippen LogP contribution in [0.25, 0.3) is 46.4 Å². The average molecular weight is 998 g/mol. The number of nitrogens with zero attached hydrogens (tertiary/aromatic N) is 6.